The minimum absolute atomic E-state index is 0.0652. The molecule has 0 aliphatic heterocycles. The Morgan fingerprint density at radius 2 is 1.71 bits per heavy atom. The lowest BCUT2D eigenvalue weighted by Gasteiger charge is -2.13. The van der Waals surface area contributed by atoms with Crippen LogP contribution in [0.1, 0.15) is 13.3 Å². The first-order valence-corrected chi connectivity index (χ1v) is 7.27. The summed E-state index contributed by atoms with van der Waals surface area (Å²) in [5.41, 5.74) is -0.757. The molecule has 0 amide bonds. The van der Waals surface area contributed by atoms with E-state index in [4.69, 9.17) is 0 Å². The molecule has 0 saturated carbocycles. The fourth-order valence-corrected chi connectivity index (χ4v) is 3.88. The van der Waals surface area contributed by atoms with Crippen LogP contribution in [0.15, 0.2) is 0 Å². The zero-order valence-electron chi connectivity index (χ0n) is 8.43. The van der Waals surface area contributed by atoms with Gasteiger partial charge >= 0.3 is 7.60 Å². The Hall–Kier alpha value is 0.0600. The van der Waals surface area contributed by atoms with Gasteiger partial charge in [0.15, 0.2) is 5.49 Å². The number of hydrogen-bond donors (Lipinski definition) is 0. The Morgan fingerprint density at radius 3 is 2.07 bits per heavy atom. The van der Waals surface area contributed by atoms with Crippen molar-refractivity contribution in [2.24, 2.45) is 0 Å². The van der Waals surface area contributed by atoms with Crippen LogP contribution in [0.4, 0.5) is 0 Å². The van der Waals surface area contributed by atoms with Crippen LogP contribution in [0.3, 0.4) is 0 Å². The van der Waals surface area contributed by atoms with Crippen molar-refractivity contribution in [1.82, 2.24) is 0 Å². The molecule has 6 nitrogen and oxygen atoms in total. The molecule has 14 heavy (non-hydrogen) atoms. The Labute approximate surface area is 84.2 Å². The summed E-state index contributed by atoms with van der Waals surface area (Å²) in [6, 6.07) is 0. The molecular formula is C6H15O6PS. The van der Waals surface area contributed by atoms with E-state index < -0.39 is 23.2 Å². The van der Waals surface area contributed by atoms with Gasteiger partial charge in [-0.15, -0.1) is 0 Å². The van der Waals surface area contributed by atoms with E-state index in [9.17, 15) is 13.0 Å². The first-order chi connectivity index (χ1) is 6.39. The van der Waals surface area contributed by atoms with Crippen LogP contribution < -0.4 is 0 Å². The van der Waals surface area contributed by atoms with Gasteiger partial charge in [-0.3, -0.25) is 8.75 Å². The van der Waals surface area contributed by atoms with E-state index in [0.717, 1.165) is 14.2 Å². The van der Waals surface area contributed by atoms with Gasteiger partial charge in [-0.05, 0) is 6.42 Å². The van der Waals surface area contributed by atoms with Crippen molar-refractivity contribution in [2.45, 2.75) is 13.3 Å². The standard InChI is InChI=1S/C6H15O6PS/c1-4-5-12-14(8,9)6-13(7,10-2)11-3/h4-6H2,1-3H3. The fraction of sp³-hybridized carbons (Fsp3) is 1.00. The average Bonchev–Trinajstić information content (AvgIpc) is 2.14. The summed E-state index contributed by atoms with van der Waals surface area (Å²) in [5, 5.41) is 0. The molecule has 0 unspecified atom stereocenters. The number of hydrogen-bond acceptors (Lipinski definition) is 6. The quantitative estimate of drug-likeness (QED) is 0.496. The van der Waals surface area contributed by atoms with E-state index in [0.29, 0.717) is 6.42 Å². The summed E-state index contributed by atoms with van der Waals surface area (Å²) < 4.78 is 47.2. The highest BCUT2D eigenvalue weighted by atomic mass is 32.2. The van der Waals surface area contributed by atoms with Crippen LogP contribution in [0, 0.1) is 0 Å². The van der Waals surface area contributed by atoms with Gasteiger partial charge in [0.25, 0.3) is 10.1 Å². The normalized spacial score (nSPS) is 13.1. The molecule has 0 fully saturated rings. The highest BCUT2D eigenvalue weighted by molar-refractivity contribution is 7.93. The zero-order valence-corrected chi connectivity index (χ0v) is 10.1. The molecule has 0 radical (unpaired) electrons. The molecule has 86 valence electrons. The fourth-order valence-electron chi connectivity index (χ4n) is 0.621. The first kappa shape index (κ1) is 14.1. The van der Waals surface area contributed by atoms with Gasteiger partial charge in [0, 0.05) is 14.2 Å². The Balaban J connectivity index is 4.42. The molecule has 0 aromatic rings. The van der Waals surface area contributed by atoms with Crippen LogP contribution in [0.2, 0.25) is 0 Å². The van der Waals surface area contributed by atoms with Gasteiger partial charge in [-0.1, -0.05) is 6.92 Å². The van der Waals surface area contributed by atoms with Crippen molar-refractivity contribution >= 4 is 17.7 Å². The molecule has 0 aromatic carbocycles. The minimum atomic E-state index is -3.84. The van der Waals surface area contributed by atoms with Crippen molar-refractivity contribution < 1.29 is 26.2 Å². The van der Waals surface area contributed by atoms with Crippen LogP contribution in [0.25, 0.3) is 0 Å². The second-order valence-corrected chi connectivity index (χ2v) is 6.82. The van der Waals surface area contributed by atoms with Crippen LogP contribution in [0.5, 0.6) is 0 Å². The van der Waals surface area contributed by atoms with Crippen LogP contribution >= 0.6 is 7.60 Å². The lowest BCUT2D eigenvalue weighted by molar-refractivity contribution is 0.275. The summed E-state index contributed by atoms with van der Waals surface area (Å²) in [4.78, 5) is 0. The maximum absolute atomic E-state index is 11.4. The summed E-state index contributed by atoms with van der Waals surface area (Å²) >= 11 is 0. The topological polar surface area (TPSA) is 78.9 Å². The van der Waals surface area contributed by atoms with Gasteiger partial charge in [-0.25, -0.2) is 0 Å². The van der Waals surface area contributed by atoms with Crippen LogP contribution in [-0.2, 0) is 27.9 Å². The zero-order chi connectivity index (χ0) is 11.2. The lowest BCUT2D eigenvalue weighted by Crippen LogP contribution is -2.12. The van der Waals surface area contributed by atoms with Gasteiger partial charge in [-0.2, -0.15) is 8.42 Å². The maximum Gasteiger partial charge on any atom is 0.347 e. The van der Waals surface area contributed by atoms with E-state index in [1.54, 1.807) is 6.92 Å². The molecule has 0 aliphatic rings. The Bertz CT molecular complexity index is 289. The molecule has 0 spiro atoms. The molecule has 0 heterocycles. The predicted octanol–water partition coefficient (Wildman–Crippen LogP) is 1.19. The summed E-state index contributed by atoms with van der Waals surface area (Å²) in [7, 11) is -5.15. The molecular weight excluding hydrogens is 231 g/mol. The van der Waals surface area contributed by atoms with Crippen LogP contribution in [-0.4, -0.2) is 34.7 Å². The van der Waals surface area contributed by atoms with Crippen molar-refractivity contribution in [1.29, 1.82) is 0 Å². The predicted molar refractivity (Wildman–Crippen MR) is 51.7 cm³/mol. The van der Waals surface area contributed by atoms with E-state index in [1.807, 2.05) is 0 Å². The van der Waals surface area contributed by atoms with Gasteiger partial charge < -0.3 is 9.05 Å². The molecule has 0 N–H and O–H groups in total. The third kappa shape index (κ3) is 5.07. The van der Waals surface area contributed by atoms with Crippen molar-refractivity contribution in [2.75, 3.05) is 26.3 Å². The molecule has 0 bridgehead atoms. The third-order valence-electron chi connectivity index (χ3n) is 1.34. The second kappa shape index (κ2) is 5.82. The van der Waals surface area contributed by atoms with E-state index >= 15 is 0 Å². The summed E-state index contributed by atoms with van der Waals surface area (Å²) in [6.07, 6.45) is 0.559. The Morgan fingerprint density at radius 1 is 1.21 bits per heavy atom. The van der Waals surface area contributed by atoms with Crippen molar-refractivity contribution in [3.8, 4) is 0 Å². The molecule has 8 heteroatoms. The average molecular weight is 246 g/mol. The SMILES string of the molecule is CCCOS(=O)(=O)CP(=O)(OC)OC. The van der Waals surface area contributed by atoms with Gasteiger partial charge in [0.1, 0.15) is 0 Å². The van der Waals surface area contributed by atoms with E-state index in [2.05, 4.69) is 13.2 Å². The molecule has 0 rings (SSSR count). The molecule has 0 aliphatic carbocycles. The van der Waals surface area contributed by atoms with E-state index in [1.165, 1.54) is 0 Å². The summed E-state index contributed by atoms with van der Waals surface area (Å²) in [6.45, 7) is 1.83. The Kier molecular flexibility index (Phi) is 5.85. The molecule has 0 atom stereocenters. The first-order valence-electron chi connectivity index (χ1n) is 3.96. The summed E-state index contributed by atoms with van der Waals surface area (Å²) in [5.74, 6) is 0. The van der Waals surface area contributed by atoms with Crippen molar-refractivity contribution in [3.63, 3.8) is 0 Å². The largest absolute Gasteiger partial charge is 0.347 e. The smallest absolute Gasteiger partial charge is 0.311 e. The maximum atomic E-state index is 11.4. The third-order valence-corrected chi connectivity index (χ3v) is 5.51. The van der Waals surface area contributed by atoms with Gasteiger partial charge in [0.05, 0.1) is 6.61 Å². The van der Waals surface area contributed by atoms with Crippen molar-refractivity contribution in [3.05, 3.63) is 0 Å². The molecule has 0 saturated heterocycles. The van der Waals surface area contributed by atoms with E-state index in [-0.39, 0.29) is 6.61 Å². The minimum Gasteiger partial charge on any atom is -0.311 e. The lowest BCUT2D eigenvalue weighted by atomic mass is 10.5. The highest BCUT2D eigenvalue weighted by Gasteiger charge is 2.30. The monoisotopic (exact) mass is 246 g/mol. The second-order valence-electron chi connectivity index (χ2n) is 2.48. The number of rotatable bonds is 7. The molecule has 0 aromatic heterocycles. The highest BCUT2D eigenvalue weighted by Crippen LogP contribution is 2.47. The van der Waals surface area contributed by atoms with Gasteiger partial charge in [0.2, 0.25) is 0 Å².